The Morgan fingerprint density at radius 1 is 1.38 bits per heavy atom. The summed E-state index contributed by atoms with van der Waals surface area (Å²) >= 11 is 3.80. The van der Waals surface area contributed by atoms with Crippen molar-refractivity contribution < 1.29 is 9.53 Å². The molecule has 0 saturated carbocycles. The van der Waals surface area contributed by atoms with Gasteiger partial charge in [-0.2, -0.15) is 0 Å². The normalized spacial score (nSPS) is 39.8. The molecule has 1 rings (SSSR count). The maximum absolute atomic E-state index is 11.1. The van der Waals surface area contributed by atoms with E-state index in [1.54, 1.807) is 0 Å². The summed E-state index contributed by atoms with van der Waals surface area (Å²) in [5.74, 6) is 0.562. The number of ether oxygens (including phenoxy) is 1. The molecule has 4 atom stereocenters. The number of hydrogen-bond acceptors (Lipinski definition) is 2. The Bertz CT molecular complexity index is 331. The van der Waals surface area contributed by atoms with Gasteiger partial charge in [0.25, 0.3) is 0 Å². The van der Waals surface area contributed by atoms with Crippen molar-refractivity contribution in [2.45, 2.75) is 52.0 Å². The molecule has 0 aliphatic heterocycles. The topological polar surface area (TPSA) is 26.3 Å². The van der Waals surface area contributed by atoms with Crippen molar-refractivity contribution in [2.75, 3.05) is 0 Å². The molecule has 0 fully saturated rings. The van der Waals surface area contributed by atoms with Gasteiger partial charge in [-0.3, -0.25) is 4.79 Å². The molecule has 1 aliphatic carbocycles. The third kappa shape index (κ3) is 2.20. The van der Waals surface area contributed by atoms with E-state index >= 15 is 0 Å². The summed E-state index contributed by atoms with van der Waals surface area (Å²) in [5.41, 5.74) is 2.46. The number of esters is 1. The standard InChI is InChI=1S/C13H21BrO2/c1-7-9(3)13(6,14)10(4)8(2)12(7)16-11(5)15/h7,9,12H,1-6H3. The molecule has 0 radical (unpaired) electrons. The fourth-order valence-corrected chi connectivity index (χ4v) is 3.19. The molecule has 0 heterocycles. The summed E-state index contributed by atoms with van der Waals surface area (Å²) < 4.78 is 5.44. The summed E-state index contributed by atoms with van der Waals surface area (Å²) in [5, 5.41) is 0. The monoisotopic (exact) mass is 288 g/mol. The zero-order valence-corrected chi connectivity index (χ0v) is 12.5. The highest BCUT2D eigenvalue weighted by Gasteiger charge is 2.44. The van der Waals surface area contributed by atoms with Crippen molar-refractivity contribution >= 4 is 21.9 Å². The molecule has 0 N–H and O–H groups in total. The molecule has 2 nitrogen and oxygen atoms in total. The van der Waals surface area contributed by atoms with E-state index in [4.69, 9.17) is 4.74 Å². The predicted molar refractivity (Wildman–Crippen MR) is 69.6 cm³/mol. The fraction of sp³-hybridized carbons (Fsp3) is 0.769. The zero-order valence-electron chi connectivity index (χ0n) is 10.9. The smallest absolute Gasteiger partial charge is 0.303 e. The SMILES string of the molecule is CC(=O)OC1C(C)=C(C)C(C)(Br)C(C)C1C. The third-order valence-electron chi connectivity index (χ3n) is 4.17. The Labute approximate surface area is 107 Å². The first-order valence-corrected chi connectivity index (χ1v) is 6.52. The molecule has 0 bridgehead atoms. The van der Waals surface area contributed by atoms with Gasteiger partial charge in [-0.1, -0.05) is 35.4 Å². The Kier molecular flexibility index (Phi) is 3.88. The first-order valence-electron chi connectivity index (χ1n) is 5.73. The average Bonchev–Trinajstić information content (AvgIpc) is 2.19. The van der Waals surface area contributed by atoms with Crippen LogP contribution in [0.1, 0.15) is 41.5 Å². The molecule has 0 aromatic carbocycles. The van der Waals surface area contributed by atoms with Gasteiger partial charge in [0, 0.05) is 17.2 Å². The van der Waals surface area contributed by atoms with E-state index in [0.29, 0.717) is 11.8 Å². The second-order valence-electron chi connectivity index (χ2n) is 5.06. The lowest BCUT2D eigenvalue weighted by Gasteiger charge is -2.44. The van der Waals surface area contributed by atoms with Crippen LogP contribution in [0.5, 0.6) is 0 Å². The minimum absolute atomic E-state index is 0.00709. The minimum Gasteiger partial charge on any atom is -0.458 e. The molecule has 16 heavy (non-hydrogen) atoms. The largest absolute Gasteiger partial charge is 0.458 e. The minimum atomic E-state index is -0.200. The van der Waals surface area contributed by atoms with E-state index in [9.17, 15) is 4.79 Å². The van der Waals surface area contributed by atoms with Gasteiger partial charge in [0.05, 0.1) is 0 Å². The molecule has 0 aromatic heterocycles. The highest BCUT2D eigenvalue weighted by molar-refractivity contribution is 9.10. The summed E-state index contributed by atoms with van der Waals surface area (Å²) in [6.07, 6.45) is -0.0712. The predicted octanol–water partition coefficient (Wildman–Crippen LogP) is 3.69. The van der Waals surface area contributed by atoms with Gasteiger partial charge >= 0.3 is 5.97 Å². The lowest BCUT2D eigenvalue weighted by Crippen LogP contribution is -2.45. The summed E-state index contributed by atoms with van der Waals surface area (Å²) in [6, 6.07) is 0. The second kappa shape index (κ2) is 4.52. The lowest BCUT2D eigenvalue weighted by molar-refractivity contribution is -0.148. The van der Waals surface area contributed by atoms with Crippen molar-refractivity contribution in [2.24, 2.45) is 11.8 Å². The van der Waals surface area contributed by atoms with Crippen LogP contribution in [0.15, 0.2) is 11.1 Å². The molecule has 3 heteroatoms. The van der Waals surface area contributed by atoms with Crippen LogP contribution < -0.4 is 0 Å². The molecule has 4 unspecified atom stereocenters. The van der Waals surface area contributed by atoms with Crippen LogP contribution in [-0.2, 0) is 9.53 Å². The van der Waals surface area contributed by atoms with Crippen LogP contribution in [0.2, 0.25) is 0 Å². The van der Waals surface area contributed by atoms with E-state index in [2.05, 4.69) is 50.5 Å². The highest BCUT2D eigenvalue weighted by Crippen LogP contribution is 2.47. The van der Waals surface area contributed by atoms with Crippen LogP contribution in [0.3, 0.4) is 0 Å². The molecule has 0 spiro atoms. The maximum atomic E-state index is 11.1. The number of alkyl halides is 1. The van der Waals surface area contributed by atoms with E-state index in [1.807, 2.05) is 0 Å². The van der Waals surface area contributed by atoms with E-state index in [0.717, 1.165) is 0 Å². The quantitative estimate of drug-likeness (QED) is 0.418. The van der Waals surface area contributed by atoms with Crippen molar-refractivity contribution in [3.63, 3.8) is 0 Å². The number of allylic oxidation sites excluding steroid dienone is 1. The van der Waals surface area contributed by atoms with Crippen LogP contribution >= 0.6 is 15.9 Å². The van der Waals surface area contributed by atoms with Crippen LogP contribution in [0.25, 0.3) is 0 Å². The second-order valence-corrected chi connectivity index (χ2v) is 6.71. The average molecular weight is 289 g/mol. The van der Waals surface area contributed by atoms with Crippen molar-refractivity contribution in [1.82, 2.24) is 0 Å². The Morgan fingerprint density at radius 2 is 1.88 bits per heavy atom. The van der Waals surface area contributed by atoms with Gasteiger partial charge in [0.1, 0.15) is 6.10 Å². The molecule has 1 aliphatic rings. The molecular formula is C13H21BrO2. The fourth-order valence-electron chi connectivity index (χ4n) is 2.47. The number of hydrogen-bond donors (Lipinski definition) is 0. The van der Waals surface area contributed by atoms with Crippen LogP contribution in [-0.4, -0.2) is 16.4 Å². The number of halogens is 1. The summed E-state index contributed by atoms with van der Waals surface area (Å²) in [6.45, 7) is 12.2. The van der Waals surface area contributed by atoms with Crippen LogP contribution in [0.4, 0.5) is 0 Å². The number of carbonyl (C=O) groups is 1. The molecular weight excluding hydrogens is 268 g/mol. The Hall–Kier alpha value is -0.310. The molecule has 0 saturated heterocycles. The molecule has 92 valence electrons. The first kappa shape index (κ1) is 13.8. The van der Waals surface area contributed by atoms with Crippen molar-refractivity contribution in [1.29, 1.82) is 0 Å². The van der Waals surface area contributed by atoms with Gasteiger partial charge in [0.15, 0.2) is 0 Å². The van der Waals surface area contributed by atoms with Gasteiger partial charge in [-0.15, -0.1) is 0 Å². The van der Waals surface area contributed by atoms with Crippen LogP contribution in [0, 0.1) is 11.8 Å². The first-order chi connectivity index (χ1) is 7.19. The molecule has 0 amide bonds. The number of rotatable bonds is 1. The third-order valence-corrected chi connectivity index (χ3v) is 5.48. The van der Waals surface area contributed by atoms with Gasteiger partial charge in [0.2, 0.25) is 0 Å². The Balaban J connectivity index is 3.14. The van der Waals surface area contributed by atoms with E-state index in [-0.39, 0.29) is 16.4 Å². The molecule has 0 aromatic rings. The summed E-state index contributed by atoms with van der Waals surface area (Å²) in [4.78, 5) is 11.1. The van der Waals surface area contributed by atoms with Gasteiger partial charge in [-0.25, -0.2) is 0 Å². The maximum Gasteiger partial charge on any atom is 0.303 e. The summed E-state index contributed by atoms with van der Waals surface area (Å²) in [7, 11) is 0. The van der Waals surface area contributed by atoms with Crippen molar-refractivity contribution in [3.05, 3.63) is 11.1 Å². The lowest BCUT2D eigenvalue weighted by atomic mass is 9.70. The zero-order chi connectivity index (χ0) is 12.7. The van der Waals surface area contributed by atoms with Gasteiger partial charge < -0.3 is 4.74 Å². The Morgan fingerprint density at radius 3 is 2.31 bits per heavy atom. The van der Waals surface area contributed by atoms with E-state index in [1.165, 1.54) is 18.1 Å². The van der Waals surface area contributed by atoms with Crippen molar-refractivity contribution in [3.8, 4) is 0 Å². The highest BCUT2D eigenvalue weighted by atomic mass is 79.9. The number of carbonyl (C=O) groups excluding carboxylic acids is 1. The van der Waals surface area contributed by atoms with Gasteiger partial charge in [-0.05, 0) is 32.3 Å². The van der Waals surface area contributed by atoms with E-state index < -0.39 is 0 Å².